The fourth-order valence-electron chi connectivity index (χ4n) is 2.17. The molecule has 1 rings (SSSR count). The molecule has 1 fully saturated rings. The first-order valence-electron chi connectivity index (χ1n) is 6.02. The summed E-state index contributed by atoms with van der Waals surface area (Å²) in [5, 5.41) is 0.343. The van der Waals surface area contributed by atoms with Gasteiger partial charge in [-0.3, -0.25) is 0 Å². The lowest BCUT2D eigenvalue weighted by atomic mass is 9.99. The Labute approximate surface area is 93.2 Å². The summed E-state index contributed by atoms with van der Waals surface area (Å²) in [7, 11) is 0. The third kappa shape index (κ3) is 4.65. The third-order valence-electron chi connectivity index (χ3n) is 2.91. The van der Waals surface area contributed by atoms with E-state index in [1.807, 2.05) is 0 Å². The van der Waals surface area contributed by atoms with Crippen LogP contribution in [0.5, 0.6) is 0 Å². The first-order chi connectivity index (χ1) is 6.72. The lowest BCUT2D eigenvalue weighted by Crippen LogP contribution is -2.31. The van der Waals surface area contributed by atoms with E-state index in [1.54, 1.807) is 0 Å². The van der Waals surface area contributed by atoms with Crippen LogP contribution in [0, 0.1) is 0 Å². The normalized spacial score (nSPS) is 33.2. The molecule has 2 heteroatoms. The van der Waals surface area contributed by atoms with Gasteiger partial charge in [0.2, 0.25) is 0 Å². The molecule has 14 heavy (non-hydrogen) atoms. The van der Waals surface area contributed by atoms with Crippen molar-refractivity contribution in [2.24, 2.45) is 0 Å². The van der Waals surface area contributed by atoms with Crippen molar-refractivity contribution >= 4 is 11.6 Å². The molecule has 0 saturated carbocycles. The van der Waals surface area contributed by atoms with E-state index in [4.69, 9.17) is 16.3 Å². The molecular formula is C12H23ClO. The summed E-state index contributed by atoms with van der Waals surface area (Å²) < 4.78 is 5.85. The lowest BCUT2D eigenvalue weighted by Gasteiger charge is -2.31. The van der Waals surface area contributed by atoms with Gasteiger partial charge in [0.15, 0.2) is 0 Å². The SMILES string of the molecule is CCCCCC[C@H]1C[C@@H](Cl)C[C@@H](C)O1. The Kier molecular flexibility index (Phi) is 5.88. The minimum absolute atomic E-state index is 0.343. The summed E-state index contributed by atoms with van der Waals surface area (Å²) >= 11 is 6.17. The number of halogens is 1. The minimum atomic E-state index is 0.343. The third-order valence-corrected chi connectivity index (χ3v) is 3.27. The van der Waals surface area contributed by atoms with Gasteiger partial charge in [-0.25, -0.2) is 0 Å². The molecule has 0 spiro atoms. The van der Waals surface area contributed by atoms with Gasteiger partial charge in [-0.1, -0.05) is 32.6 Å². The molecule has 84 valence electrons. The summed E-state index contributed by atoms with van der Waals surface area (Å²) in [6.45, 7) is 4.38. The second kappa shape index (κ2) is 6.68. The van der Waals surface area contributed by atoms with E-state index in [-0.39, 0.29) is 0 Å². The molecule has 0 unspecified atom stereocenters. The molecule has 1 saturated heterocycles. The number of unbranched alkanes of at least 4 members (excludes halogenated alkanes) is 3. The smallest absolute Gasteiger partial charge is 0.0592 e. The van der Waals surface area contributed by atoms with Gasteiger partial charge in [-0.2, -0.15) is 0 Å². The predicted octanol–water partition coefficient (Wildman–Crippen LogP) is 4.13. The topological polar surface area (TPSA) is 9.23 Å². The van der Waals surface area contributed by atoms with Crippen molar-refractivity contribution in [3.05, 3.63) is 0 Å². The highest BCUT2D eigenvalue weighted by atomic mass is 35.5. The minimum Gasteiger partial charge on any atom is -0.375 e. The van der Waals surface area contributed by atoms with Gasteiger partial charge in [-0.05, 0) is 26.2 Å². The van der Waals surface area contributed by atoms with E-state index < -0.39 is 0 Å². The van der Waals surface area contributed by atoms with Crippen LogP contribution in [0.3, 0.4) is 0 Å². The Morgan fingerprint density at radius 1 is 1.21 bits per heavy atom. The van der Waals surface area contributed by atoms with Crippen LogP contribution >= 0.6 is 11.6 Å². The van der Waals surface area contributed by atoms with Crippen LogP contribution in [0.25, 0.3) is 0 Å². The van der Waals surface area contributed by atoms with Gasteiger partial charge in [0, 0.05) is 5.38 Å². The Morgan fingerprint density at radius 2 is 2.00 bits per heavy atom. The van der Waals surface area contributed by atoms with Crippen molar-refractivity contribution in [1.82, 2.24) is 0 Å². The van der Waals surface area contributed by atoms with Crippen molar-refractivity contribution in [3.63, 3.8) is 0 Å². The van der Waals surface area contributed by atoms with E-state index in [0.717, 1.165) is 12.8 Å². The highest BCUT2D eigenvalue weighted by Crippen LogP contribution is 2.26. The van der Waals surface area contributed by atoms with E-state index in [9.17, 15) is 0 Å². The van der Waals surface area contributed by atoms with E-state index in [0.29, 0.717) is 17.6 Å². The Morgan fingerprint density at radius 3 is 2.64 bits per heavy atom. The van der Waals surface area contributed by atoms with Crippen LogP contribution in [-0.4, -0.2) is 17.6 Å². The zero-order valence-corrected chi connectivity index (χ0v) is 10.2. The average Bonchev–Trinajstić information content (AvgIpc) is 2.11. The Balaban J connectivity index is 2.10. The number of alkyl halides is 1. The first-order valence-corrected chi connectivity index (χ1v) is 6.45. The molecule has 0 radical (unpaired) electrons. The highest BCUT2D eigenvalue weighted by molar-refractivity contribution is 6.20. The van der Waals surface area contributed by atoms with Gasteiger partial charge >= 0.3 is 0 Å². The summed E-state index contributed by atoms with van der Waals surface area (Å²) in [5.74, 6) is 0. The van der Waals surface area contributed by atoms with Crippen molar-refractivity contribution in [2.75, 3.05) is 0 Å². The van der Waals surface area contributed by atoms with Crippen LogP contribution in [0.1, 0.15) is 58.8 Å². The fraction of sp³-hybridized carbons (Fsp3) is 1.00. The van der Waals surface area contributed by atoms with Gasteiger partial charge in [0.1, 0.15) is 0 Å². The molecule has 0 aromatic rings. The van der Waals surface area contributed by atoms with Crippen LogP contribution in [-0.2, 0) is 4.74 Å². The Hall–Kier alpha value is 0.250. The number of rotatable bonds is 5. The summed E-state index contributed by atoms with van der Waals surface area (Å²) in [6.07, 6.45) is 9.37. The number of hydrogen-bond donors (Lipinski definition) is 0. The standard InChI is InChI=1S/C12H23ClO/c1-3-4-5-6-7-12-9-11(13)8-10(2)14-12/h10-12H,3-9H2,1-2H3/t10-,11+,12+/m1/s1. The van der Waals surface area contributed by atoms with Gasteiger partial charge in [0.25, 0.3) is 0 Å². The number of ether oxygens (including phenoxy) is 1. The van der Waals surface area contributed by atoms with Crippen molar-refractivity contribution in [3.8, 4) is 0 Å². The van der Waals surface area contributed by atoms with Crippen LogP contribution in [0.4, 0.5) is 0 Å². The zero-order valence-electron chi connectivity index (χ0n) is 9.47. The molecule has 0 amide bonds. The van der Waals surface area contributed by atoms with E-state index in [1.165, 1.54) is 32.1 Å². The molecule has 0 N–H and O–H groups in total. The first kappa shape index (κ1) is 12.3. The summed E-state index contributed by atoms with van der Waals surface area (Å²) in [5.41, 5.74) is 0. The van der Waals surface area contributed by atoms with E-state index >= 15 is 0 Å². The van der Waals surface area contributed by atoms with Gasteiger partial charge in [-0.15, -0.1) is 11.6 Å². The molecule has 1 aliphatic heterocycles. The highest BCUT2D eigenvalue weighted by Gasteiger charge is 2.24. The molecule has 0 bridgehead atoms. The monoisotopic (exact) mass is 218 g/mol. The molecule has 0 aliphatic carbocycles. The molecule has 1 aliphatic rings. The summed E-state index contributed by atoms with van der Waals surface area (Å²) in [6, 6.07) is 0. The fourth-order valence-corrected chi connectivity index (χ4v) is 2.62. The van der Waals surface area contributed by atoms with Crippen LogP contribution in [0.15, 0.2) is 0 Å². The van der Waals surface area contributed by atoms with E-state index in [2.05, 4.69) is 13.8 Å². The average molecular weight is 219 g/mol. The second-order valence-corrected chi connectivity index (χ2v) is 5.10. The Bertz CT molecular complexity index is 139. The molecule has 1 nitrogen and oxygen atoms in total. The molecular weight excluding hydrogens is 196 g/mol. The maximum Gasteiger partial charge on any atom is 0.0592 e. The van der Waals surface area contributed by atoms with Gasteiger partial charge < -0.3 is 4.74 Å². The van der Waals surface area contributed by atoms with Crippen molar-refractivity contribution < 1.29 is 4.74 Å². The zero-order chi connectivity index (χ0) is 10.4. The number of hydrogen-bond acceptors (Lipinski definition) is 1. The van der Waals surface area contributed by atoms with Crippen molar-refractivity contribution in [2.45, 2.75) is 76.4 Å². The maximum absolute atomic E-state index is 6.17. The predicted molar refractivity (Wildman–Crippen MR) is 62.0 cm³/mol. The molecule has 3 atom stereocenters. The second-order valence-electron chi connectivity index (χ2n) is 4.49. The lowest BCUT2D eigenvalue weighted by molar-refractivity contribution is -0.0423. The summed E-state index contributed by atoms with van der Waals surface area (Å²) in [4.78, 5) is 0. The van der Waals surface area contributed by atoms with Gasteiger partial charge in [0.05, 0.1) is 12.2 Å². The van der Waals surface area contributed by atoms with Crippen molar-refractivity contribution in [1.29, 1.82) is 0 Å². The quantitative estimate of drug-likeness (QED) is 0.498. The van der Waals surface area contributed by atoms with Crippen LogP contribution in [0.2, 0.25) is 0 Å². The molecule has 0 aromatic heterocycles. The largest absolute Gasteiger partial charge is 0.375 e. The molecule has 0 aromatic carbocycles. The maximum atomic E-state index is 6.17. The molecule has 1 heterocycles. The van der Waals surface area contributed by atoms with Crippen LogP contribution < -0.4 is 0 Å².